The van der Waals surface area contributed by atoms with Crippen molar-refractivity contribution in [2.45, 2.75) is 10.8 Å². The summed E-state index contributed by atoms with van der Waals surface area (Å²) >= 11 is 0. The molecule has 0 saturated heterocycles. The number of nitrogens with zero attached hydrogens (tertiary/aromatic N) is 2. The van der Waals surface area contributed by atoms with Gasteiger partial charge in [0.1, 0.15) is 0 Å². The van der Waals surface area contributed by atoms with Crippen molar-refractivity contribution >= 4 is 49.6 Å². The minimum Gasteiger partial charge on any atom is -0.310 e. The van der Waals surface area contributed by atoms with Crippen molar-refractivity contribution in [3.8, 4) is 27.9 Å². The van der Waals surface area contributed by atoms with Crippen LogP contribution >= 0.6 is 0 Å². The van der Waals surface area contributed by atoms with Crippen molar-refractivity contribution in [3.05, 3.63) is 336 Å². The second-order valence-corrected chi connectivity index (χ2v) is 19.9. The number of para-hydroxylation sites is 1. The third kappa shape index (κ3) is 5.94. The highest BCUT2D eigenvalue weighted by molar-refractivity contribution is 6.18. The smallest absolute Gasteiger partial charge is 0.0720 e. The zero-order valence-electron chi connectivity index (χ0n) is 40.6. The van der Waals surface area contributed by atoms with Gasteiger partial charge < -0.3 is 9.47 Å². The fourth-order valence-corrected chi connectivity index (χ4v) is 13.4. The third-order valence-corrected chi connectivity index (χ3v) is 16.3. The summed E-state index contributed by atoms with van der Waals surface area (Å²) in [5.41, 5.74) is 20.8. The van der Waals surface area contributed by atoms with Crippen LogP contribution in [0.25, 0.3) is 60.5 Å². The number of hydrogen-bond acceptors (Lipinski definition) is 1. The second-order valence-electron chi connectivity index (χ2n) is 19.9. The van der Waals surface area contributed by atoms with E-state index in [9.17, 15) is 0 Å². The van der Waals surface area contributed by atoms with Gasteiger partial charge in [0.05, 0.1) is 21.9 Å². The zero-order chi connectivity index (χ0) is 48.8. The van der Waals surface area contributed by atoms with Gasteiger partial charge in [-0.3, -0.25) is 0 Å². The highest BCUT2D eigenvalue weighted by Gasteiger charge is 2.57. The lowest BCUT2D eigenvalue weighted by Gasteiger charge is -2.49. The molecule has 74 heavy (non-hydrogen) atoms. The minimum absolute atomic E-state index is 0.521. The Bertz CT molecular complexity index is 4290. The van der Waals surface area contributed by atoms with Gasteiger partial charge in [-0.2, -0.15) is 0 Å². The van der Waals surface area contributed by atoms with Gasteiger partial charge in [0, 0.05) is 38.9 Å². The molecule has 2 nitrogen and oxygen atoms in total. The van der Waals surface area contributed by atoms with Crippen LogP contribution in [-0.4, -0.2) is 4.57 Å². The van der Waals surface area contributed by atoms with Gasteiger partial charge in [0.25, 0.3) is 0 Å². The first-order valence-corrected chi connectivity index (χ1v) is 25.8. The Morgan fingerprint density at radius 2 is 0.824 bits per heavy atom. The number of aromatic nitrogens is 1. The maximum Gasteiger partial charge on any atom is 0.0720 e. The normalized spacial score (nSPS) is 16.2. The van der Waals surface area contributed by atoms with Gasteiger partial charge in [-0.05, 0) is 127 Å². The number of fused-ring (bicyclic) bond motifs is 10. The predicted octanol–water partition coefficient (Wildman–Crippen LogP) is 18.1. The van der Waals surface area contributed by atoms with Gasteiger partial charge >= 0.3 is 0 Å². The van der Waals surface area contributed by atoms with E-state index in [1.165, 1.54) is 99.3 Å². The fourth-order valence-electron chi connectivity index (χ4n) is 13.4. The van der Waals surface area contributed by atoms with Crippen LogP contribution in [-0.2, 0) is 10.8 Å². The summed E-state index contributed by atoms with van der Waals surface area (Å²) in [6, 6.07) is 108. The molecule has 0 spiro atoms. The van der Waals surface area contributed by atoms with Gasteiger partial charge in [-0.15, -0.1) is 0 Å². The highest BCUT2D eigenvalue weighted by Crippen LogP contribution is 2.66. The summed E-state index contributed by atoms with van der Waals surface area (Å²) in [5.74, 6) is 0. The quantitative estimate of drug-likeness (QED) is 0.147. The topological polar surface area (TPSA) is 8.17 Å². The summed E-state index contributed by atoms with van der Waals surface area (Å²) in [7, 11) is 0. The first-order chi connectivity index (χ1) is 36.7. The first-order valence-electron chi connectivity index (χ1n) is 25.8. The average molecular weight is 941 g/mol. The minimum atomic E-state index is -0.689. The standard InChI is InChI=1S/C72H48N2/c1-4-20-49(21-5-1)50-38-41-55(42-39-50)73(56-43-45-57(46-44-56)74-68-37-17-13-31-61(68)63-47-40-51-22-10-11-29-59(51)70(63)74)58-28-18-27-54(48-58)71(52-23-6-2-7-24-52)65-34-15-16-35-66(65)72(53-25-8-3-9-26-53)64-33-14-12-30-60(64)62-32-19-36-67(71)69(62)72/h1-48H. The highest BCUT2D eigenvalue weighted by atomic mass is 15.1. The summed E-state index contributed by atoms with van der Waals surface area (Å²) in [4.78, 5) is 2.44. The van der Waals surface area contributed by atoms with Crippen molar-refractivity contribution < 1.29 is 0 Å². The lowest BCUT2D eigenvalue weighted by atomic mass is 9.51. The van der Waals surface area contributed by atoms with Crippen LogP contribution in [0, 0.1) is 0 Å². The maximum atomic E-state index is 2.47. The van der Waals surface area contributed by atoms with E-state index < -0.39 is 10.8 Å². The molecule has 0 saturated carbocycles. The van der Waals surface area contributed by atoms with Crippen LogP contribution in [0.2, 0.25) is 0 Å². The molecule has 0 radical (unpaired) electrons. The molecular weight excluding hydrogens is 893 g/mol. The van der Waals surface area contributed by atoms with E-state index in [0.29, 0.717) is 0 Å². The van der Waals surface area contributed by atoms with E-state index >= 15 is 0 Å². The van der Waals surface area contributed by atoms with Gasteiger partial charge in [-0.1, -0.05) is 237 Å². The van der Waals surface area contributed by atoms with E-state index in [2.05, 4.69) is 301 Å². The molecule has 12 aromatic carbocycles. The molecule has 2 aliphatic rings. The summed E-state index contributed by atoms with van der Waals surface area (Å²) in [5, 5.41) is 4.98. The molecule has 2 unspecified atom stereocenters. The zero-order valence-corrected chi connectivity index (χ0v) is 40.6. The van der Waals surface area contributed by atoms with Crippen molar-refractivity contribution in [2.24, 2.45) is 0 Å². The van der Waals surface area contributed by atoms with Gasteiger partial charge in [0.2, 0.25) is 0 Å². The van der Waals surface area contributed by atoms with Crippen LogP contribution in [0.3, 0.4) is 0 Å². The van der Waals surface area contributed by atoms with Crippen molar-refractivity contribution in [2.75, 3.05) is 4.90 Å². The molecule has 0 aliphatic heterocycles. The molecule has 1 aromatic heterocycles. The van der Waals surface area contributed by atoms with Gasteiger partial charge in [0.15, 0.2) is 0 Å². The Hall–Kier alpha value is -9.50. The largest absolute Gasteiger partial charge is 0.310 e. The molecule has 0 amide bonds. The van der Waals surface area contributed by atoms with Crippen LogP contribution < -0.4 is 4.90 Å². The first kappa shape index (κ1) is 42.2. The molecule has 15 rings (SSSR count). The van der Waals surface area contributed by atoms with Crippen molar-refractivity contribution in [1.29, 1.82) is 0 Å². The Labute approximate surface area is 431 Å². The lowest BCUT2D eigenvalue weighted by Crippen LogP contribution is -2.44. The van der Waals surface area contributed by atoms with Crippen LogP contribution in [0.1, 0.15) is 44.5 Å². The maximum absolute atomic E-state index is 2.47. The van der Waals surface area contributed by atoms with Gasteiger partial charge in [-0.25, -0.2) is 0 Å². The molecule has 2 atom stereocenters. The fraction of sp³-hybridized carbons (Fsp3) is 0.0278. The Morgan fingerprint density at radius 1 is 0.297 bits per heavy atom. The molecule has 2 aliphatic carbocycles. The molecule has 1 heterocycles. The molecule has 0 N–H and O–H groups in total. The van der Waals surface area contributed by atoms with E-state index in [0.717, 1.165) is 22.7 Å². The van der Waals surface area contributed by atoms with Crippen molar-refractivity contribution in [1.82, 2.24) is 4.57 Å². The molecule has 0 bridgehead atoms. The molecule has 0 fully saturated rings. The average Bonchev–Trinajstić information content (AvgIpc) is 4.04. The monoisotopic (exact) mass is 940 g/mol. The lowest BCUT2D eigenvalue weighted by molar-refractivity contribution is 0.627. The summed E-state index contributed by atoms with van der Waals surface area (Å²) in [6.45, 7) is 0. The third-order valence-electron chi connectivity index (χ3n) is 16.3. The Morgan fingerprint density at radius 3 is 1.57 bits per heavy atom. The van der Waals surface area contributed by atoms with Crippen LogP contribution in [0.5, 0.6) is 0 Å². The summed E-state index contributed by atoms with van der Waals surface area (Å²) < 4.78 is 2.45. The van der Waals surface area contributed by atoms with E-state index in [-0.39, 0.29) is 0 Å². The SMILES string of the molecule is c1ccc(-c2ccc(N(c3ccc(-n4c5ccccc5c5ccc6ccccc6c54)cc3)c3cccc(C4(c5ccccc5)c5ccccc5C5(c6ccccc6)c6ccccc6-c6cccc4c65)c3)cc2)cc1. The molecule has 346 valence electrons. The Balaban J connectivity index is 0.967. The molecular formula is C72H48N2. The number of benzene rings is 12. The number of hydrogen-bond donors (Lipinski definition) is 0. The van der Waals surface area contributed by atoms with Crippen LogP contribution in [0.4, 0.5) is 17.1 Å². The number of rotatable bonds is 8. The van der Waals surface area contributed by atoms with E-state index in [1.807, 2.05) is 0 Å². The number of anilines is 3. The van der Waals surface area contributed by atoms with E-state index in [4.69, 9.17) is 0 Å². The van der Waals surface area contributed by atoms with Crippen molar-refractivity contribution in [3.63, 3.8) is 0 Å². The molecule has 2 heteroatoms. The predicted molar refractivity (Wildman–Crippen MR) is 308 cm³/mol. The second kappa shape index (κ2) is 16.5. The van der Waals surface area contributed by atoms with E-state index in [1.54, 1.807) is 0 Å². The summed E-state index contributed by atoms with van der Waals surface area (Å²) in [6.07, 6.45) is 0. The Kier molecular flexibility index (Phi) is 9.43. The molecule has 13 aromatic rings. The van der Waals surface area contributed by atoms with Crippen LogP contribution in [0.15, 0.2) is 291 Å².